The van der Waals surface area contributed by atoms with E-state index in [9.17, 15) is 4.79 Å². The monoisotopic (exact) mass is 313 g/mol. The quantitative estimate of drug-likeness (QED) is 0.681. The molecular weight excluding hydrogens is 290 g/mol. The molecule has 0 aromatic heterocycles. The van der Waals surface area contributed by atoms with Crippen LogP contribution in [0.2, 0.25) is 0 Å². The Morgan fingerprint density at radius 3 is 2.43 bits per heavy atom. The lowest BCUT2D eigenvalue weighted by molar-refractivity contribution is -0.139. The number of benzene rings is 1. The lowest BCUT2D eigenvalue weighted by Crippen LogP contribution is -2.47. The summed E-state index contributed by atoms with van der Waals surface area (Å²) in [5.41, 5.74) is 5.67. The highest BCUT2D eigenvalue weighted by Crippen LogP contribution is 2.29. The fraction of sp³-hybridized carbons (Fsp3) is 0.533. The Bertz CT molecular complexity index is 465. The number of thioether (sulfide) groups is 1. The van der Waals surface area contributed by atoms with Crippen molar-refractivity contribution in [2.24, 2.45) is 5.73 Å². The molecule has 0 saturated heterocycles. The van der Waals surface area contributed by atoms with Gasteiger partial charge in [0.15, 0.2) is 11.5 Å². The summed E-state index contributed by atoms with van der Waals surface area (Å²) in [4.78, 5) is 10.9. The number of hydrogen-bond acceptors (Lipinski definition) is 5. The van der Waals surface area contributed by atoms with Gasteiger partial charge in [0.05, 0.1) is 13.2 Å². The van der Waals surface area contributed by atoms with Crippen molar-refractivity contribution in [1.82, 2.24) is 0 Å². The minimum Gasteiger partial charge on any atom is -0.490 e. The third-order valence-electron chi connectivity index (χ3n) is 2.98. The minimum atomic E-state index is -0.991. The average molecular weight is 313 g/mol. The van der Waals surface area contributed by atoms with Crippen molar-refractivity contribution in [3.05, 3.63) is 24.3 Å². The lowest BCUT2D eigenvalue weighted by atomic mass is 10.1. The van der Waals surface area contributed by atoms with E-state index >= 15 is 0 Å². The molecule has 0 heterocycles. The van der Waals surface area contributed by atoms with Crippen molar-refractivity contribution in [2.75, 3.05) is 19.0 Å². The van der Waals surface area contributed by atoms with Crippen molar-refractivity contribution in [1.29, 1.82) is 0 Å². The molecule has 0 radical (unpaired) electrons. The normalized spacial score (nSPS) is 12.8. The molecule has 1 aromatic carbocycles. The van der Waals surface area contributed by atoms with Crippen LogP contribution in [0, 0.1) is 0 Å². The average Bonchev–Trinajstić information content (AvgIpc) is 2.44. The van der Waals surface area contributed by atoms with Gasteiger partial charge in [0.25, 0.3) is 0 Å². The van der Waals surface area contributed by atoms with Gasteiger partial charge in [0.1, 0.15) is 6.04 Å². The van der Waals surface area contributed by atoms with E-state index in [2.05, 4.69) is 0 Å². The Morgan fingerprint density at radius 2 is 1.90 bits per heavy atom. The van der Waals surface area contributed by atoms with Gasteiger partial charge >= 0.3 is 5.97 Å². The van der Waals surface area contributed by atoms with E-state index in [1.807, 2.05) is 45.0 Å². The van der Waals surface area contributed by atoms with Crippen molar-refractivity contribution in [3.8, 4) is 11.5 Å². The van der Waals surface area contributed by atoms with Crippen molar-refractivity contribution < 1.29 is 19.4 Å². The maximum atomic E-state index is 10.9. The molecular formula is C15H23NO4S. The van der Waals surface area contributed by atoms with Crippen molar-refractivity contribution in [2.45, 2.75) is 31.6 Å². The summed E-state index contributed by atoms with van der Waals surface area (Å²) >= 11 is 1.48. The van der Waals surface area contributed by atoms with Crippen LogP contribution in [-0.4, -0.2) is 40.8 Å². The largest absolute Gasteiger partial charge is 0.490 e. The van der Waals surface area contributed by atoms with Gasteiger partial charge in [-0.2, -0.15) is 0 Å². The summed E-state index contributed by atoms with van der Waals surface area (Å²) < 4.78 is 10.6. The first-order valence-electron chi connectivity index (χ1n) is 6.85. The van der Waals surface area contributed by atoms with Crippen LogP contribution in [0.4, 0.5) is 0 Å². The maximum absolute atomic E-state index is 10.9. The minimum absolute atomic E-state index is 0.463. The fourth-order valence-corrected chi connectivity index (χ4v) is 2.66. The standard InChI is InChI=1S/C15H23NO4S/c1-4-19-11-7-5-6-8-12(11)20-9-10-21-15(2,3)13(16)14(17)18/h5-8,13H,4,9-10,16H2,1-3H3,(H,17,18)/t13-/m1/s1. The van der Waals surface area contributed by atoms with E-state index in [-0.39, 0.29) is 0 Å². The molecule has 118 valence electrons. The molecule has 6 heteroatoms. The Labute approximate surface area is 129 Å². The first kappa shape index (κ1) is 17.7. The second-order valence-corrected chi connectivity index (χ2v) is 6.75. The summed E-state index contributed by atoms with van der Waals surface area (Å²) in [7, 11) is 0. The molecule has 0 unspecified atom stereocenters. The number of aliphatic carboxylic acids is 1. The van der Waals surface area contributed by atoms with Crippen LogP contribution in [-0.2, 0) is 4.79 Å². The number of carbonyl (C=O) groups is 1. The number of ether oxygens (including phenoxy) is 2. The highest BCUT2D eigenvalue weighted by Gasteiger charge is 2.32. The van der Waals surface area contributed by atoms with Crippen LogP contribution in [0.25, 0.3) is 0 Å². The molecule has 0 aliphatic rings. The molecule has 0 aliphatic carbocycles. The Kier molecular flexibility index (Phi) is 6.84. The highest BCUT2D eigenvalue weighted by molar-refractivity contribution is 8.00. The topological polar surface area (TPSA) is 81.8 Å². The summed E-state index contributed by atoms with van der Waals surface area (Å²) in [6.45, 7) is 6.61. The molecule has 1 atom stereocenters. The molecule has 0 amide bonds. The van der Waals surface area contributed by atoms with Crippen molar-refractivity contribution >= 4 is 17.7 Å². The molecule has 0 aliphatic heterocycles. The Balaban J connectivity index is 2.46. The number of nitrogens with two attached hydrogens (primary N) is 1. The zero-order chi connectivity index (χ0) is 15.9. The number of para-hydroxylation sites is 2. The zero-order valence-corrected chi connectivity index (χ0v) is 13.5. The summed E-state index contributed by atoms with van der Waals surface area (Å²) in [6.07, 6.45) is 0. The van der Waals surface area contributed by atoms with Gasteiger partial charge in [0, 0.05) is 10.5 Å². The number of carboxylic acids is 1. The van der Waals surface area contributed by atoms with E-state index in [1.165, 1.54) is 11.8 Å². The third kappa shape index (κ3) is 5.47. The number of carboxylic acid groups (broad SMARTS) is 1. The Morgan fingerprint density at radius 1 is 1.33 bits per heavy atom. The molecule has 5 nitrogen and oxygen atoms in total. The van der Waals surface area contributed by atoms with Gasteiger partial charge in [-0.1, -0.05) is 12.1 Å². The lowest BCUT2D eigenvalue weighted by Gasteiger charge is -2.27. The van der Waals surface area contributed by atoms with Crippen LogP contribution < -0.4 is 15.2 Å². The molecule has 0 fully saturated rings. The van der Waals surface area contributed by atoms with Crippen LogP contribution in [0.3, 0.4) is 0 Å². The second kappa shape index (κ2) is 8.14. The molecule has 0 saturated carbocycles. The first-order valence-corrected chi connectivity index (χ1v) is 7.84. The van der Waals surface area contributed by atoms with Gasteiger partial charge in [-0.05, 0) is 32.9 Å². The number of hydrogen-bond donors (Lipinski definition) is 2. The second-order valence-electron chi connectivity index (χ2n) is 5.00. The Hall–Kier alpha value is -1.40. The van der Waals surface area contributed by atoms with Crippen LogP contribution in [0.5, 0.6) is 11.5 Å². The maximum Gasteiger partial charge on any atom is 0.321 e. The predicted octanol–water partition coefficient (Wildman–Crippen LogP) is 2.39. The van der Waals surface area contributed by atoms with Crippen LogP contribution in [0.15, 0.2) is 24.3 Å². The molecule has 1 aromatic rings. The van der Waals surface area contributed by atoms with Gasteiger partial charge in [-0.3, -0.25) is 4.79 Å². The molecule has 0 bridgehead atoms. The molecule has 21 heavy (non-hydrogen) atoms. The van der Waals surface area contributed by atoms with Crippen molar-refractivity contribution in [3.63, 3.8) is 0 Å². The highest BCUT2D eigenvalue weighted by atomic mass is 32.2. The van der Waals surface area contributed by atoms with Gasteiger partial charge in [-0.15, -0.1) is 11.8 Å². The molecule has 1 rings (SSSR count). The molecule has 0 spiro atoms. The first-order chi connectivity index (χ1) is 9.88. The third-order valence-corrected chi connectivity index (χ3v) is 4.35. The zero-order valence-electron chi connectivity index (χ0n) is 12.7. The van der Waals surface area contributed by atoms with Gasteiger partial charge in [-0.25, -0.2) is 0 Å². The van der Waals surface area contributed by atoms with Gasteiger partial charge < -0.3 is 20.3 Å². The SMILES string of the molecule is CCOc1ccccc1OCCSC(C)(C)[C@H](N)C(=O)O. The van der Waals surface area contributed by atoms with E-state index in [0.29, 0.717) is 30.5 Å². The summed E-state index contributed by atoms with van der Waals surface area (Å²) in [6, 6.07) is 6.58. The van der Waals surface area contributed by atoms with Gasteiger partial charge in [0.2, 0.25) is 0 Å². The van der Waals surface area contributed by atoms with E-state index < -0.39 is 16.8 Å². The van der Waals surface area contributed by atoms with Crippen LogP contribution >= 0.6 is 11.8 Å². The molecule has 3 N–H and O–H groups in total. The van der Waals surface area contributed by atoms with E-state index in [0.717, 1.165) is 0 Å². The predicted molar refractivity (Wildman–Crippen MR) is 85.3 cm³/mol. The fourth-order valence-electron chi connectivity index (χ4n) is 1.69. The smallest absolute Gasteiger partial charge is 0.321 e. The number of rotatable bonds is 9. The summed E-state index contributed by atoms with van der Waals surface area (Å²) in [5, 5.41) is 8.96. The summed E-state index contributed by atoms with van der Waals surface area (Å²) in [5.74, 6) is 1.07. The van der Waals surface area contributed by atoms with E-state index in [4.69, 9.17) is 20.3 Å². The van der Waals surface area contributed by atoms with Crippen LogP contribution in [0.1, 0.15) is 20.8 Å². The van der Waals surface area contributed by atoms with E-state index in [1.54, 1.807) is 0 Å².